The van der Waals surface area contributed by atoms with Gasteiger partial charge in [0, 0.05) is 0 Å². The van der Waals surface area contributed by atoms with Crippen molar-refractivity contribution in [1.82, 2.24) is 0 Å². The van der Waals surface area contributed by atoms with Crippen LogP contribution in [0, 0.1) is 5.92 Å². The summed E-state index contributed by atoms with van der Waals surface area (Å²) in [6, 6.07) is 0. The summed E-state index contributed by atoms with van der Waals surface area (Å²) in [5.74, 6) is 0.299. The van der Waals surface area contributed by atoms with Crippen LogP contribution in [0.3, 0.4) is 0 Å². The van der Waals surface area contributed by atoms with E-state index in [2.05, 4.69) is 6.58 Å². The van der Waals surface area contributed by atoms with E-state index in [1.54, 1.807) is 0 Å². The summed E-state index contributed by atoms with van der Waals surface area (Å²) in [4.78, 5) is 0. The molecule has 0 aromatic carbocycles. The molecule has 8 heavy (non-hydrogen) atoms. The van der Waals surface area contributed by atoms with E-state index in [1.165, 1.54) is 0 Å². The van der Waals surface area contributed by atoms with Gasteiger partial charge in [0.25, 0.3) is 0 Å². The van der Waals surface area contributed by atoms with Crippen molar-refractivity contribution in [3.63, 3.8) is 0 Å². The summed E-state index contributed by atoms with van der Waals surface area (Å²) in [5, 5.41) is 9.10. The third-order valence-electron chi connectivity index (χ3n) is 1.14. The van der Waals surface area contributed by atoms with E-state index in [4.69, 9.17) is 5.11 Å². The van der Waals surface area contributed by atoms with Crippen LogP contribution in [0.1, 0.15) is 20.8 Å². The van der Waals surface area contributed by atoms with Gasteiger partial charge in [-0.2, -0.15) is 0 Å². The molecule has 1 N–H and O–H groups in total. The number of hydrogen-bond acceptors (Lipinski definition) is 1. The van der Waals surface area contributed by atoms with Gasteiger partial charge in [0.15, 0.2) is 0 Å². The largest absolute Gasteiger partial charge is 0.389 e. The molecule has 48 valence electrons. The molecule has 0 unspecified atom stereocenters. The van der Waals surface area contributed by atoms with Crippen molar-refractivity contribution in [2.75, 3.05) is 0 Å². The van der Waals surface area contributed by atoms with Gasteiger partial charge in [0.05, 0.1) is 6.10 Å². The molecule has 0 bridgehead atoms. The predicted molar refractivity (Wildman–Crippen MR) is 35.7 cm³/mol. The topological polar surface area (TPSA) is 20.2 Å². The lowest BCUT2D eigenvalue weighted by Gasteiger charge is -2.12. The average Bonchev–Trinajstić information content (AvgIpc) is 1.64. The van der Waals surface area contributed by atoms with Gasteiger partial charge in [-0.1, -0.05) is 26.0 Å². The normalized spacial score (nSPS) is 14.1. The standard InChI is InChI=1S/C7H14O/c1-5(2)7(8)6(3)4/h6-8H,1H2,2-4H3/t7-/m1/s1. The quantitative estimate of drug-likeness (QED) is 0.540. The van der Waals surface area contributed by atoms with Crippen molar-refractivity contribution in [3.05, 3.63) is 12.2 Å². The van der Waals surface area contributed by atoms with Crippen molar-refractivity contribution in [1.29, 1.82) is 0 Å². The van der Waals surface area contributed by atoms with Gasteiger partial charge in [-0.25, -0.2) is 0 Å². The maximum absolute atomic E-state index is 9.10. The number of rotatable bonds is 2. The minimum atomic E-state index is -0.324. The van der Waals surface area contributed by atoms with Crippen LogP contribution >= 0.6 is 0 Å². The van der Waals surface area contributed by atoms with Crippen molar-refractivity contribution in [2.45, 2.75) is 26.9 Å². The molecule has 0 aromatic heterocycles. The summed E-state index contributed by atoms with van der Waals surface area (Å²) in [7, 11) is 0. The third kappa shape index (κ3) is 2.12. The van der Waals surface area contributed by atoms with Crippen molar-refractivity contribution in [3.8, 4) is 0 Å². The zero-order chi connectivity index (χ0) is 6.73. The molecular formula is C7H14O. The van der Waals surface area contributed by atoms with Crippen molar-refractivity contribution < 1.29 is 5.11 Å². The molecule has 0 spiro atoms. The van der Waals surface area contributed by atoms with Crippen LogP contribution in [0.4, 0.5) is 0 Å². The lowest BCUT2D eigenvalue weighted by Crippen LogP contribution is -2.14. The van der Waals surface area contributed by atoms with E-state index in [0.29, 0.717) is 5.92 Å². The van der Waals surface area contributed by atoms with E-state index < -0.39 is 0 Å². The fourth-order valence-electron chi connectivity index (χ4n) is 0.569. The highest BCUT2D eigenvalue weighted by Crippen LogP contribution is 2.07. The van der Waals surface area contributed by atoms with E-state index in [-0.39, 0.29) is 6.10 Å². The Morgan fingerprint density at radius 3 is 1.88 bits per heavy atom. The van der Waals surface area contributed by atoms with Gasteiger partial charge in [-0.3, -0.25) is 0 Å². The summed E-state index contributed by atoms with van der Waals surface area (Å²) in [6.45, 7) is 9.41. The lowest BCUT2D eigenvalue weighted by atomic mass is 10.0. The molecule has 0 rings (SSSR count). The highest BCUT2D eigenvalue weighted by molar-refractivity contribution is 4.97. The van der Waals surface area contributed by atoms with E-state index in [9.17, 15) is 0 Å². The molecule has 0 saturated heterocycles. The Hall–Kier alpha value is -0.300. The predicted octanol–water partition coefficient (Wildman–Crippen LogP) is 1.58. The summed E-state index contributed by atoms with van der Waals surface area (Å²) >= 11 is 0. The molecule has 0 amide bonds. The molecule has 0 aliphatic carbocycles. The Bertz CT molecular complexity index is 84.4. The van der Waals surface area contributed by atoms with Crippen LogP contribution in [0.15, 0.2) is 12.2 Å². The maximum atomic E-state index is 9.10. The second-order valence-corrected chi connectivity index (χ2v) is 2.54. The maximum Gasteiger partial charge on any atom is 0.0767 e. The van der Waals surface area contributed by atoms with E-state index in [0.717, 1.165) is 5.57 Å². The van der Waals surface area contributed by atoms with Gasteiger partial charge < -0.3 is 5.11 Å². The second-order valence-electron chi connectivity index (χ2n) is 2.54. The molecule has 0 aromatic rings. The third-order valence-corrected chi connectivity index (χ3v) is 1.14. The Kier molecular flexibility index (Phi) is 2.77. The molecule has 0 radical (unpaired) electrons. The highest BCUT2D eigenvalue weighted by Gasteiger charge is 2.07. The second kappa shape index (κ2) is 2.88. The Labute approximate surface area is 51.0 Å². The van der Waals surface area contributed by atoms with Gasteiger partial charge in [0.2, 0.25) is 0 Å². The first-order valence-electron chi connectivity index (χ1n) is 2.89. The average molecular weight is 114 g/mol. The van der Waals surface area contributed by atoms with E-state index >= 15 is 0 Å². The smallest absolute Gasteiger partial charge is 0.0767 e. The molecule has 0 heterocycles. The van der Waals surface area contributed by atoms with Crippen LogP contribution in [0.2, 0.25) is 0 Å². The molecule has 0 aliphatic rings. The SMILES string of the molecule is C=C(C)[C@@H](O)C(C)C. The summed E-state index contributed by atoms with van der Waals surface area (Å²) < 4.78 is 0. The van der Waals surface area contributed by atoms with Crippen LogP contribution in [-0.4, -0.2) is 11.2 Å². The minimum Gasteiger partial charge on any atom is -0.389 e. The highest BCUT2D eigenvalue weighted by atomic mass is 16.3. The van der Waals surface area contributed by atoms with Crippen LogP contribution in [0.5, 0.6) is 0 Å². The van der Waals surface area contributed by atoms with Gasteiger partial charge in [-0.15, -0.1) is 0 Å². The molecule has 1 nitrogen and oxygen atoms in total. The van der Waals surface area contributed by atoms with Crippen LogP contribution in [-0.2, 0) is 0 Å². The molecular weight excluding hydrogens is 100 g/mol. The number of aliphatic hydroxyl groups excluding tert-OH is 1. The monoisotopic (exact) mass is 114 g/mol. The molecule has 1 heteroatoms. The molecule has 1 atom stereocenters. The van der Waals surface area contributed by atoms with Gasteiger partial charge in [-0.05, 0) is 12.8 Å². The molecule has 0 aliphatic heterocycles. The zero-order valence-corrected chi connectivity index (χ0v) is 5.81. The van der Waals surface area contributed by atoms with Gasteiger partial charge >= 0.3 is 0 Å². The summed E-state index contributed by atoms with van der Waals surface area (Å²) in [6.07, 6.45) is -0.324. The van der Waals surface area contributed by atoms with Crippen LogP contribution in [0.25, 0.3) is 0 Å². The number of hydrogen-bond donors (Lipinski definition) is 1. The first kappa shape index (κ1) is 7.70. The fourth-order valence-corrected chi connectivity index (χ4v) is 0.569. The number of aliphatic hydroxyl groups is 1. The van der Waals surface area contributed by atoms with E-state index in [1.807, 2.05) is 20.8 Å². The first-order chi connectivity index (χ1) is 3.55. The summed E-state index contributed by atoms with van der Waals surface area (Å²) in [5.41, 5.74) is 0.847. The lowest BCUT2D eigenvalue weighted by molar-refractivity contribution is 0.161. The Morgan fingerprint density at radius 2 is 1.88 bits per heavy atom. The van der Waals surface area contributed by atoms with Crippen molar-refractivity contribution >= 4 is 0 Å². The Morgan fingerprint density at radius 1 is 1.50 bits per heavy atom. The Balaban J connectivity index is 3.64. The zero-order valence-electron chi connectivity index (χ0n) is 5.81. The van der Waals surface area contributed by atoms with Crippen molar-refractivity contribution in [2.24, 2.45) is 5.92 Å². The first-order valence-corrected chi connectivity index (χ1v) is 2.89. The molecule has 0 fully saturated rings. The van der Waals surface area contributed by atoms with Crippen LogP contribution < -0.4 is 0 Å². The van der Waals surface area contributed by atoms with Gasteiger partial charge in [0.1, 0.15) is 0 Å². The fraction of sp³-hybridized carbons (Fsp3) is 0.714. The minimum absolute atomic E-state index is 0.299. The molecule has 0 saturated carbocycles.